The van der Waals surface area contributed by atoms with Gasteiger partial charge in [-0.25, -0.2) is 0 Å². The van der Waals surface area contributed by atoms with Crippen molar-refractivity contribution in [2.75, 3.05) is 33.4 Å². The SMILES string of the molecule is COCCN1C(=O)CC[C@]2(C(=O)N3CCCCCC3)CCCC[C@@H]12. The van der Waals surface area contributed by atoms with Crippen LogP contribution >= 0.6 is 0 Å². The van der Waals surface area contributed by atoms with Gasteiger partial charge in [-0.3, -0.25) is 9.59 Å². The average Bonchev–Trinajstić information content (AvgIpc) is 2.89. The monoisotopic (exact) mass is 336 g/mol. The van der Waals surface area contributed by atoms with Crippen molar-refractivity contribution in [1.29, 1.82) is 0 Å². The Morgan fingerprint density at radius 3 is 2.58 bits per heavy atom. The normalized spacial score (nSPS) is 31.5. The first-order chi connectivity index (χ1) is 11.7. The third kappa shape index (κ3) is 3.32. The van der Waals surface area contributed by atoms with Crippen LogP contribution in [-0.2, 0) is 14.3 Å². The summed E-state index contributed by atoms with van der Waals surface area (Å²) in [7, 11) is 1.67. The molecule has 0 N–H and O–H groups in total. The third-order valence-electron chi connectivity index (χ3n) is 6.33. The molecule has 0 unspecified atom stereocenters. The third-order valence-corrected chi connectivity index (χ3v) is 6.33. The van der Waals surface area contributed by atoms with E-state index in [2.05, 4.69) is 4.90 Å². The van der Waals surface area contributed by atoms with Gasteiger partial charge in [-0.15, -0.1) is 0 Å². The molecule has 3 rings (SSSR count). The van der Waals surface area contributed by atoms with Gasteiger partial charge < -0.3 is 14.5 Å². The molecule has 2 saturated heterocycles. The number of carbonyl (C=O) groups is 2. The highest BCUT2D eigenvalue weighted by Gasteiger charge is 2.54. The van der Waals surface area contributed by atoms with Gasteiger partial charge in [0.2, 0.25) is 11.8 Å². The number of nitrogens with zero attached hydrogens (tertiary/aromatic N) is 2. The summed E-state index contributed by atoms with van der Waals surface area (Å²) in [5, 5.41) is 0. The molecule has 0 spiro atoms. The van der Waals surface area contributed by atoms with Crippen molar-refractivity contribution in [3.05, 3.63) is 0 Å². The zero-order chi connectivity index (χ0) is 17.0. The van der Waals surface area contributed by atoms with Crippen LogP contribution in [0.5, 0.6) is 0 Å². The van der Waals surface area contributed by atoms with Gasteiger partial charge in [0.1, 0.15) is 0 Å². The highest BCUT2D eigenvalue weighted by molar-refractivity contribution is 5.88. The van der Waals surface area contributed by atoms with E-state index in [0.29, 0.717) is 25.5 Å². The molecule has 0 aromatic rings. The summed E-state index contributed by atoms with van der Waals surface area (Å²) in [4.78, 5) is 30.1. The lowest BCUT2D eigenvalue weighted by atomic mass is 9.64. The maximum absolute atomic E-state index is 13.5. The Bertz CT molecular complexity index is 460. The number of ether oxygens (including phenoxy) is 1. The Morgan fingerprint density at radius 2 is 1.88 bits per heavy atom. The van der Waals surface area contributed by atoms with Gasteiger partial charge in [-0.05, 0) is 32.1 Å². The molecule has 2 atom stereocenters. The number of fused-ring (bicyclic) bond motifs is 1. The number of amides is 2. The number of hydrogen-bond acceptors (Lipinski definition) is 3. The van der Waals surface area contributed by atoms with Crippen LogP contribution < -0.4 is 0 Å². The fourth-order valence-electron chi connectivity index (χ4n) is 5.03. The number of likely N-dealkylation sites (tertiary alicyclic amines) is 2. The van der Waals surface area contributed by atoms with E-state index in [4.69, 9.17) is 4.74 Å². The van der Waals surface area contributed by atoms with Crippen molar-refractivity contribution in [2.24, 2.45) is 5.41 Å². The molecule has 0 aromatic carbocycles. The van der Waals surface area contributed by atoms with Crippen LogP contribution in [0.2, 0.25) is 0 Å². The van der Waals surface area contributed by atoms with E-state index < -0.39 is 0 Å². The lowest BCUT2D eigenvalue weighted by Gasteiger charge is -2.52. The van der Waals surface area contributed by atoms with Crippen molar-refractivity contribution >= 4 is 11.8 Å². The lowest BCUT2D eigenvalue weighted by Crippen LogP contribution is -2.62. The summed E-state index contributed by atoms with van der Waals surface area (Å²) in [6.07, 6.45) is 10.1. The summed E-state index contributed by atoms with van der Waals surface area (Å²) >= 11 is 0. The molecule has 5 heteroatoms. The topological polar surface area (TPSA) is 49.9 Å². The standard InChI is InChI=1S/C19H32N2O3/c1-24-15-14-21-16-8-4-5-10-19(16,11-9-17(21)22)18(23)20-12-6-2-3-7-13-20/h16H,2-15H2,1H3/t16-,19-/m1/s1. The summed E-state index contributed by atoms with van der Waals surface area (Å²) < 4.78 is 5.21. The van der Waals surface area contributed by atoms with E-state index in [1.807, 2.05) is 4.90 Å². The first-order valence-corrected chi connectivity index (χ1v) is 9.77. The van der Waals surface area contributed by atoms with Gasteiger partial charge in [0.05, 0.1) is 12.0 Å². The van der Waals surface area contributed by atoms with E-state index in [-0.39, 0.29) is 17.4 Å². The Morgan fingerprint density at radius 1 is 1.12 bits per heavy atom. The van der Waals surface area contributed by atoms with Crippen LogP contribution in [-0.4, -0.2) is 61.0 Å². The number of piperidine rings is 1. The van der Waals surface area contributed by atoms with Crippen molar-refractivity contribution in [3.8, 4) is 0 Å². The molecule has 2 heterocycles. The predicted octanol–water partition coefficient (Wildman–Crippen LogP) is 2.59. The zero-order valence-corrected chi connectivity index (χ0v) is 15.1. The van der Waals surface area contributed by atoms with Crippen LogP contribution in [0.1, 0.15) is 64.2 Å². The van der Waals surface area contributed by atoms with Crippen LogP contribution in [0, 0.1) is 5.41 Å². The predicted molar refractivity (Wildman–Crippen MR) is 92.6 cm³/mol. The Labute approximate surface area is 145 Å². The number of rotatable bonds is 4. The van der Waals surface area contributed by atoms with E-state index in [0.717, 1.165) is 58.0 Å². The minimum Gasteiger partial charge on any atom is -0.383 e. The minimum atomic E-state index is -0.329. The van der Waals surface area contributed by atoms with Crippen LogP contribution in [0.3, 0.4) is 0 Å². The van der Waals surface area contributed by atoms with Crippen molar-refractivity contribution in [1.82, 2.24) is 9.80 Å². The van der Waals surface area contributed by atoms with Crippen molar-refractivity contribution in [3.63, 3.8) is 0 Å². The fourth-order valence-corrected chi connectivity index (χ4v) is 5.03. The fraction of sp³-hybridized carbons (Fsp3) is 0.895. The molecule has 5 nitrogen and oxygen atoms in total. The molecule has 3 fully saturated rings. The quantitative estimate of drug-likeness (QED) is 0.793. The largest absolute Gasteiger partial charge is 0.383 e. The molecular weight excluding hydrogens is 304 g/mol. The molecule has 2 aliphatic heterocycles. The smallest absolute Gasteiger partial charge is 0.230 e. The Hall–Kier alpha value is -1.10. The highest BCUT2D eigenvalue weighted by atomic mass is 16.5. The maximum Gasteiger partial charge on any atom is 0.230 e. The molecule has 24 heavy (non-hydrogen) atoms. The van der Waals surface area contributed by atoms with E-state index >= 15 is 0 Å². The molecular formula is C19H32N2O3. The van der Waals surface area contributed by atoms with Crippen LogP contribution in [0.4, 0.5) is 0 Å². The first-order valence-electron chi connectivity index (χ1n) is 9.77. The van der Waals surface area contributed by atoms with Crippen LogP contribution in [0.15, 0.2) is 0 Å². The van der Waals surface area contributed by atoms with E-state index in [1.165, 1.54) is 12.8 Å². The van der Waals surface area contributed by atoms with Gasteiger partial charge in [-0.2, -0.15) is 0 Å². The molecule has 0 bridgehead atoms. The van der Waals surface area contributed by atoms with E-state index in [9.17, 15) is 9.59 Å². The molecule has 1 aliphatic carbocycles. The molecule has 1 saturated carbocycles. The summed E-state index contributed by atoms with van der Waals surface area (Å²) in [6, 6.07) is 0.0819. The number of methoxy groups -OCH3 is 1. The number of hydrogen-bond donors (Lipinski definition) is 0. The first kappa shape index (κ1) is 17.7. The molecule has 0 aromatic heterocycles. The number of carbonyl (C=O) groups excluding carboxylic acids is 2. The average molecular weight is 336 g/mol. The second-order valence-electron chi connectivity index (χ2n) is 7.70. The van der Waals surface area contributed by atoms with Gasteiger partial charge in [0.15, 0.2) is 0 Å². The molecule has 0 radical (unpaired) electrons. The minimum absolute atomic E-state index is 0.0819. The second-order valence-corrected chi connectivity index (χ2v) is 7.70. The highest BCUT2D eigenvalue weighted by Crippen LogP contribution is 2.47. The summed E-state index contributed by atoms with van der Waals surface area (Å²) in [5.74, 6) is 0.544. The Balaban J connectivity index is 1.83. The second kappa shape index (κ2) is 7.85. The van der Waals surface area contributed by atoms with E-state index in [1.54, 1.807) is 7.11 Å². The van der Waals surface area contributed by atoms with Crippen molar-refractivity contribution < 1.29 is 14.3 Å². The lowest BCUT2D eigenvalue weighted by molar-refractivity contribution is -0.162. The molecule has 136 valence electrons. The molecule has 2 amide bonds. The van der Waals surface area contributed by atoms with Gasteiger partial charge >= 0.3 is 0 Å². The van der Waals surface area contributed by atoms with Gasteiger partial charge in [0, 0.05) is 39.2 Å². The summed E-state index contributed by atoms with van der Waals surface area (Å²) in [5.41, 5.74) is -0.329. The van der Waals surface area contributed by atoms with Gasteiger partial charge in [0.25, 0.3) is 0 Å². The molecule has 3 aliphatic rings. The van der Waals surface area contributed by atoms with Crippen LogP contribution in [0.25, 0.3) is 0 Å². The van der Waals surface area contributed by atoms with Gasteiger partial charge in [-0.1, -0.05) is 25.7 Å². The summed E-state index contributed by atoms with van der Waals surface area (Å²) in [6.45, 7) is 2.98. The zero-order valence-electron chi connectivity index (χ0n) is 15.1. The van der Waals surface area contributed by atoms with Crippen molar-refractivity contribution in [2.45, 2.75) is 70.3 Å². The maximum atomic E-state index is 13.5. The Kier molecular flexibility index (Phi) is 5.80.